The van der Waals surface area contributed by atoms with Gasteiger partial charge in [-0.3, -0.25) is 4.99 Å². The van der Waals surface area contributed by atoms with E-state index in [0.717, 1.165) is 62.9 Å². The number of hydrogen-bond acceptors (Lipinski definition) is 4. The molecule has 0 radical (unpaired) electrons. The van der Waals surface area contributed by atoms with Gasteiger partial charge in [-0.2, -0.15) is 0 Å². The number of pyridine rings is 1. The fourth-order valence-corrected chi connectivity index (χ4v) is 3.99. The van der Waals surface area contributed by atoms with Crippen molar-refractivity contribution in [3.05, 3.63) is 36.3 Å². The quantitative estimate of drug-likeness (QED) is 0.379. The molecule has 0 aliphatic carbocycles. The Morgan fingerprint density at radius 3 is 2.86 bits per heavy atom. The number of ether oxygens (including phenoxy) is 2. The molecule has 1 atom stereocenters. The highest BCUT2D eigenvalue weighted by Crippen LogP contribution is 2.18. The molecule has 0 amide bonds. The zero-order valence-corrected chi connectivity index (χ0v) is 19.5. The van der Waals surface area contributed by atoms with Gasteiger partial charge in [0.25, 0.3) is 0 Å². The maximum Gasteiger partial charge on any atom is 0.193 e. The van der Waals surface area contributed by atoms with Gasteiger partial charge in [0, 0.05) is 39.1 Å². The molecule has 0 saturated carbocycles. The van der Waals surface area contributed by atoms with Crippen molar-refractivity contribution in [3.8, 4) is 0 Å². The highest BCUT2D eigenvalue weighted by Gasteiger charge is 2.23. The molecule has 0 bridgehead atoms. The number of guanidine groups is 1. The molecule has 4 rings (SSSR count). The minimum absolute atomic E-state index is 0. The molecule has 7 nitrogen and oxygen atoms in total. The average molecular weight is 513 g/mol. The average Bonchev–Trinajstić information content (AvgIpc) is 3.17. The first-order valence-electron chi connectivity index (χ1n) is 10.4. The third kappa shape index (κ3) is 6.05. The summed E-state index contributed by atoms with van der Waals surface area (Å²) in [6.07, 6.45) is 10.4. The molecule has 2 saturated heterocycles. The van der Waals surface area contributed by atoms with Crippen molar-refractivity contribution in [3.63, 3.8) is 0 Å². The van der Waals surface area contributed by atoms with E-state index in [1.807, 2.05) is 35.8 Å². The van der Waals surface area contributed by atoms with Crippen LogP contribution in [0.2, 0.25) is 0 Å². The second kappa shape index (κ2) is 11.1. The Morgan fingerprint density at radius 2 is 2.14 bits per heavy atom. The van der Waals surface area contributed by atoms with Crippen molar-refractivity contribution in [2.24, 2.45) is 4.99 Å². The molecule has 29 heavy (non-hydrogen) atoms. The third-order valence-electron chi connectivity index (χ3n) is 5.59. The van der Waals surface area contributed by atoms with Crippen LogP contribution < -0.4 is 5.32 Å². The second-order valence-corrected chi connectivity index (χ2v) is 7.61. The van der Waals surface area contributed by atoms with Crippen LogP contribution >= 0.6 is 24.0 Å². The number of rotatable bonds is 5. The summed E-state index contributed by atoms with van der Waals surface area (Å²) in [7, 11) is 1.84. The van der Waals surface area contributed by atoms with E-state index in [2.05, 4.69) is 26.4 Å². The smallest absolute Gasteiger partial charge is 0.193 e. The standard InChI is InChI=1S/C21H31N5O2.HI/c1-22-21(23-14-17-15-26-10-4-2-7-20(26)24-17)25-11-8-18(9-12-25)28-16-19-6-3-5-13-27-19;/h2,4,7,10,15,18-19H,3,5-6,8-9,11-14,16H2,1H3,(H,22,23);1H. The molecule has 8 heteroatoms. The van der Waals surface area contributed by atoms with Crippen LogP contribution in [-0.4, -0.2) is 65.8 Å². The van der Waals surface area contributed by atoms with Crippen molar-refractivity contribution in [1.82, 2.24) is 19.6 Å². The van der Waals surface area contributed by atoms with E-state index >= 15 is 0 Å². The minimum atomic E-state index is 0. The Morgan fingerprint density at radius 1 is 1.28 bits per heavy atom. The lowest BCUT2D eigenvalue weighted by molar-refractivity contribution is -0.0721. The van der Waals surface area contributed by atoms with Gasteiger partial charge in [-0.05, 0) is 44.2 Å². The molecule has 0 spiro atoms. The number of piperidine rings is 1. The fourth-order valence-electron chi connectivity index (χ4n) is 3.99. The molecule has 2 aromatic heterocycles. The molecule has 2 fully saturated rings. The van der Waals surface area contributed by atoms with Gasteiger partial charge in [0.2, 0.25) is 0 Å². The molecule has 2 aromatic rings. The van der Waals surface area contributed by atoms with Gasteiger partial charge in [-0.1, -0.05) is 6.07 Å². The Kier molecular flexibility index (Phi) is 8.55. The molecule has 4 heterocycles. The van der Waals surface area contributed by atoms with E-state index in [1.165, 1.54) is 12.8 Å². The van der Waals surface area contributed by atoms with Crippen molar-refractivity contribution in [1.29, 1.82) is 0 Å². The Bertz CT molecular complexity index is 749. The van der Waals surface area contributed by atoms with E-state index in [-0.39, 0.29) is 24.0 Å². The number of fused-ring (bicyclic) bond motifs is 1. The summed E-state index contributed by atoms with van der Waals surface area (Å²) < 4.78 is 13.9. The molecule has 1 unspecified atom stereocenters. The molecule has 1 N–H and O–H groups in total. The van der Waals surface area contributed by atoms with E-state index in [1.54, 1.807) is 0 Å². The van der Waals surface area contributed by atoms with Gasteiger partial charge in [0.15, 0.2) is 5.96 Å². The zero-order valence-electron chi connectivity index (χ0n) is 17.1. The predicted molar refractivity (Wildman–Crippen MR) is 125 cm³/mol. The van der Waals surface area contributed by atoms with E-state index in [9.17, 15) is 0 Å². The van der Waals surface area contributed by atoms with Crippen LogP contribution in [0.5, 0.6) is 0 Å². The second-order valence-electron chi connectivity index (χ2n) is 7.61. The van der Waals surface area contributed by atoms with Gasteiger partial charge >= 0.3 is 0 Å². The summed E-state index contributed by atoms with van der Waals surface area (Å²) in [4.78, 5) is 11.4. The summed E-state index contributed by atoms with van der Waals surface area (Å²) in [5.41, 5.74) is 1.98. The number of likely N-dealkylation sites (tertiary alicyclic amines) is 1. The Hall–Kier alpha value is -1.39. The molecular weight excluding hydrogens is 481 g/mol. The van der Waals surface area contributed by atoms with Crippen LogP contribution in [0.3, 0.4) is 0 Å². The number of aromatic nitrogens is 2. The van der Waals surface area contributed by atoms with Crippen molar-refractivity contribution < 1.29 is 9.47 Å². The summed E-state index contributed by atoms with van der Waals surface area (Å²) in [5.74, 6) is 0.936. The SMILES string of the molecule is CN=C(NCc1cn2ccccc2n1)N1CCC(OCC2CCCCO2)CC1.I. The number of aliphatic imine (C=N–C) groups is 1. The molecule has 2 aliphatic heterocycles. The number of nitrogens with one attached hydrogen (secondary N) is 1. The monoisotopic (exact) mass is 513 g/mol. The first-order chi connectivity index (χ1) is 13.8. The Balaban J connectivity index is 0.00000240. The lowest BCUT2D eigenvalue weighted by atomic mass is 10.1. The number of nitrogens with zero attached hydrogens (tertiary/aromatic N) is 4. The third-order valence-corrected chi connectivity index (χ3v) is 5.59. The maximum atomic E-state index is 6.12. The summed E-state index contributed by atoms with van der Waals surface area (Å²) in [6.45, 7) is 4.22. The lowest BCUT2D eigenvalue weighted by Crippen LogP contribution is -2.47. The zero-order chi connectivity index (χ0) is 19.2. The van der Waals surface area contributed by atoms with Crippen LogP contribution in [0.15, 0.2) is 35.6 Å². The molecular formula is C21H32IN5O2. The molecule has 2 aliphatic rings. The number of halogens is 1. The minimum Gasteiger partial charge on any atom is -0.376 e. The van der Waals surface area contributed by atoms with Gasteiger partial charge in [0.05, 0.1) is 31.1 Å². The normalized spacial score (nSPS) is 21.2. The lowest BCUT2D eigenvalue weighted by Gasteiger charge is -2.35. The van der Waals surface area contributed by atoms with Crippen LogP contribution in [0.25, 0.3) is 5.65 Å². The molecule has 160 valence electrons. The number of imidazole rings is 1. The predicted octanol–water partition coefficient (Wildman–Crippen LogP) is 3.08. The van der Waals surface area contributed by atoms with Crippen molar-refractivity contribution >= 4 is 35.6 Å². The van der Waals surface area contributed by atoms with Gasteiger partial charge in [0.1, 0.15) is 5.65 Å². The van der Waals surface area contributed by atoms with Crippen molar-refractivity contribution in [2.45, 2.75) is 50.9 Å². The van der Waals surface area contributed by atoms with Crippen molar-refractivity contribution in [2.75, 3.05) is 33.4 Å². The van der Waals surface area contributed by atoms with Gasteiger partial charge in [-0.25, -0.2) is 4.98 Å². The molecule has 0 aromatic carbocycles. The Labute approximate surface area is 189 Å². The largest absolute Gasteiger partial charge is 0.376 e. The van der Waals surface area contributed by atoms with Gasteiger partial charge < -0.3 is 24.1 Å². The first-order valence-corrected chi connectivity index (χ1v) is 10.4. The van der Waals surface area contributed by atoms with Crippen LogP contribution in [0.4, 0.5) is 0 Å². The maximum absolute atomic E-state index is 6.12. The van der Waals surface area contributed by atoms with E-state index in [0.29, 0.717) is 18.8 Å². The fraction of sp³-hybridized carbons (Fsp3) is 0.619. The van der Waals surface area contributed by atoms with Gasteiger partial charge in [-0.15, -0.1) is 24.0 Å². The topological polar surface area (TPSA) is 63.4 Å². The summed E-state index contributed by atoms with van der Waals surface area (Å²) >= 11 is 0. The highest BCUT2D eigenvalue weighted by molar-refractivity contribution is 14.0. The number of hydrogen-bond donors (Lipinski definition) is 1. The van der Waals surface area contributed by atoms with E-state index in [4.69, 9.17) is 9.47 Å². The van der Waals surface area contributed by atoms with Crippen LogP contribution in [-0.2, 0) is 16.0 Å². The van der Waals surface area contributed by atoms with Crippen LogP contribution in [0.1, 0.15) is 37.8 Å². The summed E-state index contributed by atoms with van der Waals surface area (Å²) in [6, 6.07) is 6.03. The highest BCUT2D eigenvalue weighted by atomic mass is 127. The summed E-state index contributed by atoms with van der Waals surface area (Å²) in [5, 5.41) is 3.45. The first kappa shape index (κ1) is 22.3. The van der Waals surface area contributed by atoms with Crippen LogP contribution in [0, 0.1) is 0 Å². The van der Waals surface area contributed by atoms with E-state index < -0.39 is 0 Å².